The number of hydrogen-bond donors (Lipinski definition) is 0. The fraction of sp³-hybridized carbons (Fsp3) is 0. The van der Waals surface area contributed by atoms with Gasteiger partial charge in [-0.05, 0) is 57.3 Å². The Morgan fingerprint density at radius 3 is 2.23 bits per heavy atom. The molecule has 0 amide bonds. The van der Waals surface area contributed by atoms with Crippen LogP contribution in [0.15, 0.2) is 83.3 Å². The number of fused-ring (bicyclic) bond motifs is 9. The first-order valence-corrected chi connectivity index (χ1v) is 9.02. The van der Waals surface area contributed by atoms with E-state index in [1.54, 1.807) is 0 Å². The number of hydrogen-bond acceptors (Lipinski definition) is 1. The van der Waals surface area contributed by atoms with Gasteiger partial charge in [-0.15, -0.1) is 0 Å². The molecule has 0 atom stereocenters. The van der Waals surface area contributed by atoms with E-state index in [2.05, 4.69) is 54.6 Å². The van der Waals surface area contributed by atoms with Crippen molar-refractivity contribution in [3.05, 3.63) is 83.9 Å². The molecular formula is C24H13ClO. The molecule has 5 aromatic carbocycles. The Kier molecular flexibility index (Phi) is 2.72. The highest BCUT2D eigenvalue weighted by Gasteiger charge is 2.12. The van der Waals surface area contributed by atoms with E-state index in [0.717, 1.165) is 37.7 Å². The van der Waals surface area contributed by atoms with Crippen LogP contribution in [0.25, 0.3) is 54.3 Å². The van der Waals surface area contributed by atoms with Crippen LogP contribution >= 0.6 is 11.6 Å². The zero-order valence-electron chi connectivity index (χ0n) is 13.8. The van der Waals surface area contributed by atoms with Crippen molar-refractivity contribution in [2.45, 2.75) is 0 Å². The Morgan fingerprint density at radius 2 is 1.27 bits per heavy atom. The zero-order chi connectivity index (χ0) is 17.3. The van der Waals surface area contributed by atoms with Crippen LogP contribution in [-0.4, -0.2) is 0 Å². The summed E-state index contributed by atoms with van der Waals surface area (Å²) in [6, 6.07) is 27.4. The molecule has 0 bridgehead atoms. The van der Waals surface area contributed by atoms with E-state index >= 15 is 0 Å². The third-order valence-electron chi connectivity index (χ3n) is 5.30. The van der Waals surface area contributed by atoms with Gasteiger partial charge in [-0.1, -0.05) is 60.1 Å². The number of halogens is 1. The van der Waals surface area contributed by atoms with Crippen molar-refractivity contribution in [1.29, 1.82) is 0 Å². The second-order valence-corrected chi connectivity index (χ2v) is 7.17. The standard InChI is InChI=1S/C24H13ClO/c25-16-8-10-17-15(13-16)6-5-14-7-9-21-19(23(14)17)11-12-20-18-3-1-2-4-22(18)26-24(20)21/h1-13H. The minimum absolute atomic E-state index is 0.761. The molecule has 0 fully saturated rings. The van der Waals surface area contributed by atoms with Gasteiger partial charge in [0.25, 0.3) is 0 Å². The third-order valence-corrected chi connectivity index (χ3v) is 5.53. The molecule has 0 saturated heterocycles. The summed E-state index contributed by atoms with van der Waals surface area (Å²) in [7, 11) is 0. The lowest BCUT2D eigenvalue weighted by molar-refractivity contribution is 0.672. The molecule has 0 unspecified atom stereocenters. The summed E-state index contributed by atoms with van der Waals surface area (Å²) in [5, 5.41) is 10.3. The predicted octanol–water partition coefficient (Wildman–Crippen LogP) is 7.70. The molecule has 0 spiro atoms. The van der Waals surface area contributed by atoms with E-state index in [9.17, 15) is 0 Å². The molecule has 1 heterocycles. The Morgan fingerprint density at radius 1 is 0.577 bits per heavy atom. The average Bonchev–Trinajstić information content (AvgIpc) is 3.06. The van der Waals surface area contributed by atoms with Crippen molar-refractivity contribution < 1.29 is 4.42 Å². The Labute approximate surface area is 154 Å². The SMILES string of the molecule is Clc1ccc2c(ccc3ccc4c(ccc5c6ccccc6oc54)c32)c1. The molecule has 2 heteroatoms. The van der Waals surface area contributed by atoms with Gasteiger partial charge >= 0.3 is 0 Å². The molecule has 0 aliphatic rings. The van der Waals surface area contributed by atoms with E-state index < -0.39 is 0 Å². The van der Waals surface area contributed by atoms with Gasteiger partial charge in [0, 0.05) is 21.2 Å². The maximum atomic E-state index is 6.22. The lowest BCUT2D eigenvalue weighted by Gasteiger charge is -2.09. The number of rotatable bonds is 0. The molecular weight excluding hydrogens is 340 g/mol. The summed E-state index contributed by atoms with van der Waals surface area (Å²) < 4.78 is 6.22. The topological polar surface area (TPSA) is 13.1 Å². The fourth-order valence-corrected chi connectivity index (χ4v) is 4.30. The lowest BCUT2D eigenvalue weighted by atomic mass is 9.95. The summed E-state index contributed by atoms with van der Waals surface area (Å²) in [5.74, 6) is 0. The average molecular weight is 353 g/mol. The van der Waals surface area contributed by atoms with Gasteiger partial charge < -0.3 is 4.42 Å². The van der Waals surface area contributed by atoms with E-state index in [4.69, 9.17) is 16.0 Å². The van der Waals surface area contributed by atoms with Crippen molar-refractivity contribution in [3.63, 3.8) is 0 Å². The summed E-state index contributed by atoms with van der Waals surface area (Å²) >= 11 is 6.20. The Hall–Kier alpha value is -3.03. The summed E-state index contributed by atoms with van der Waals surface area (Å²) in [6.07, 6.45) is 0. The smallest absolute Gasteiger partial charge is 0.143 e. The quantitative estimate of drug-likeness (QED) is 0.255. The Balaban J connectivity index is 1.87. The lowest BCUT2D eigenvalue weighted by Crippen LogP contribution is -1.82. The summed E-state index contributed by atoms with van der Waals surface area (Å²) in [6.45, 7) is 0. The van der Waals surface area contributed by atoms with E-state index in [1.165, 1.54) is 21.5 Å². The van der Waals surface area contributed by atoms with Crippen molar-refractivity contribution in [2.24, 2.45) is 0 Å². The van der Waals surface area contributed by atoms with Crippen LogP contribution in [0.3, 0.4) is 0 Å². The molecule has 122 valence electrons. The highest BCUT2D eigenvalue weighted by Crippen LogP contribution is 2.39. The maximum absolute atomic E-state index is 6.22. The van der Waals surface area contributed by atoms with Crippen LogP contribution in [-0.2, 0) is 0 Å². The largest absolute Gasteiger partial charge is 0.455 e. The molecule has 6 rings (SSSR count). The first kappa shape index (κ1) is 14.2. The zero-order valence-corrected chi connectivity index (χ0v) is 14.5. The molecule has 0 saturated carbocycles. The molecule has 1 aromatic heterocycles. The first-order chi connectivity index (χ1) is 12.8. The van der Waals surface area contributed by atoms with E-state index in [1.807, 2.05) is 24.3 Å². The molecule has 26 heavy (non-hydrogen) atoms. The van der Waals surface area contributed by atoms with Crippen molar-refractivity contribution in [3.8, 4) is 0 Å². The minimum atomic E-state index is 0.761. The van der Waals surface area contributed by atoms with Crippen molar-refractivity contribution in [2.75, 3.05) is 0 Å². The maximum Gasteiger partial charge on any atom is 0.143 e. The van der Waals surface area contributed by atoms with E-state index in [-0.39, 0.29) is 0 Å². The fourth-order valence-electron chi connectivity index (χ4n) is 4.12. The number of para-hydroxylation sites is 1. The van der Waals surface area contributed by atoms with Crippen LogP contribution in [0, 0.1) is 0 Å². The van der Waals surface area contributed by atoms with Crippen LogP contribution in [0.2, 0.25) is 5.02 Å². The second kappa shape index (κ2) is 5.00. The number of furan rings is 1. The molecule has 0 aliphatic carbocycles. The van der Waals surface area contributed by atoms with Gasteiger partial charge in [0.15, 0.2) is 0 Å². The highest BCUT2D eigenvalue weighted by atomic mass is 35.5. The summed E-state index contributed by atoms with van der Waals surface area (Å²) in [4.78, 5) is 0. The van der Waals surface area contributed by atoms with Gasteiger partial charge in [-0.3, -0.25) is 0 Å². The van der Waals surface area contributed by atoms with E-state index in [0.29, 0.717) is 0 Å². The monoisotopic (exact) mass is 352 g/mol. The molecule has 0 N–H and O–H groups in total. The van der Waals surface area contributed by atoms with Gasteiger partial charge in [0.1, 0.15) is 11.2 Å². The normalized spacial score (nSPS) is 12.0. The van der Waals surface area contributed by atoms with Gasteiger partial charge in [-0.25, -0.2) is 0 Å². The van der Waals surface area contributed by atoms with Crippen LogP contribution < -0.4 is 0 Å². The van der Waals surface area contributed by atoms with Crippen molar-refractivity contribution in [1.82, 2.24) is 0 Å². The Bertz CT molecular complexity index is 1490. The van der Waals surface area contributed by atoms with Gasteiger partial charge in [-0.2, -0.15) is 0 Å². The second-order valence-electron chi connectivity index (χ2n) is 6.73. The van der Waals surface area contributed by atoms with Crippen molar-refractivity contribution >= 4 is 65.9 Å². The molecule has 1 nitrogen and oxygen atoms in total. The van der Waals surface area contributed by atoms with Gasteiger partial charge in [0.2, 0.25) is 0 Å². The van der Waals surface area contributed by atoms with Crippen LogP contribution in [0.5, 0.6) is 0 Å². The van der Waals surface area contributed by atoms with Crippen LogP contribution in [0.4, 0.5) is 0 Å². The van der Waals surface area contributed by atoms with Crippen LogP contribution in [0.1, 0.15) is 0 Å². The molecule has 0 aliphatic heterocycles. The predicted molar refractivity (Wildman–Crippen MR) is 111 cm³/mol. The number of benzene rings is 5. The summed E-state index contributed by atoms with van der Waals surface area (Å²) in [5.41, 5.74) is 1.89. The first-order valence-electron chi connectivity index (χ1n) is 8.64. The minimum Gasteiger partial charge on any atom is -0.455 e. The molecule has 0 radical (unpaired) electrons. The third kappa shape index (κ3) is 1.81. The highest BCUT2D eigenvalue weighted by molar-refractivity contribution is 6.32. The van der Waals surface area contributed by atoms with Gasteiger partial charge in [0.05, 0.1) is 0 Å². The molecule has 6 aromatic rings.